The van der Waals surface area contributed by atoms with E-state index in [2.05, 4.69) is 17.0 Å². The minimum absolute atomic E-state index is 0.00404. The van der Waals surface area contributed by atoms with Gasteiger partial charge in [-0.25, -0.2) is 0 Å². The quantitative estimate of drug-likeness (QED) is 0.714. The summed E-state index contributed by atoms with van der Waals surface area (Å²) < 4.78 is 1.47. The van der Waals surface area contributed by atoms with Crippen LogP contribution in [0.3, 0.4) is 0 Å². The number of aromatic hydroxyl groups is 1. The standard InChI is InChI=1S/C30H37N3O3/c1-31-25(4-3-5-27(31)35)28(36)32(2)24-11-13-29-12-10-22(24)30(29)14-15-33(18-19-6-7-19)26(29)16-20-8-9-21(34)17-23(20)30/h3-5,8-9,17,19,22,24,26,34H,6-7,10-16,18H2,1-2H3. The van der Waals surface area contributed by atoms with E-state index in [1.807, 2.05) is 18.0 Å². The number of hydrogen-bond acceptors (Lipinski definition) is 4. The van der Waals surface area contributed by atoms with Gasteiger partial charge in [-0.15, -0.1) is 0 Å². The summed E-state index contributed by atoms with van der Waals surface area (Å²) in [6.07, 6.45) is 9.43. The summed E-state index contributed by atoms with van der Waals surface area (Å²) >= 11 is 0. The first-order valence-electron chi connectivity index (χ1n) is 13.9. The molecule has 1 N–H and O–H groups in total. The highest BCUT2D eigenvalue weighted by Gasteiger charge is 2.71. The van der Waals surface area contributed by atoms with E-state index in [0.29, 0.717) is 23.4 Å². The number of pyridine rings is 1. The van der Waals surface area contributed by atoms with E-state index in [4.69, 9.17) is 0 Å². The highest BCUT2D eigenvalue weighted by Crippen LogP contribution is 2.72. The van der Waals surface area contributed by atoms with Gasteiger partial charge < -0.3 is 14.6 Å². The van der Waals surface area contributed by atoms with Crippen molar-refractivity contribution < 1.29 is 9.90 Å². The molecular formula is C30H37N3O3. The van der Waals surface area contributed by atoms with Crippen LogP contribution in [0.15, 0.2) is 41.2 Å². The number of carbonyl (C=O) groups is 1. The number of rotatable bonds is 4. The molecule has 1 amide bonds. The summed E-state index contributed by atoms with van der Waals surface area (Å²) in [4.78, 5) is 30.7. The van der Waals surface area contributed by atoms with E-state index in [9.17, 15) is 14.7 Å². The number of likely N-dealkylation sites (tertiary alicyclic amines) is 1. The number of aromatic nitrogens is 1. The molecule has 190 valence electrons. The summed E-state index contributed by atoms with van der Waals surface area (Å²) in [6.45, 7) is 2.36. The summed E-state index contributed by atoms with van der Waals surface area (Å²) in [5.41, 5.74) is 3.30. The van der Waals surface area contributed by atoms with E-state index >= 15 is 0 Å². The average Bonchev–Trinajstić information content (AvgIpc) is 3.65. The van der Waals surface area contributed by atoms with Crippen LogP contribution in [0.1, 0.15) is 66.6 Å². The van der Waals surface area contributed by atoms with Crippen molar-refractivity contribution in [3.63, 3.8) is 0 Å². The van der Waals surface area contributed by atoms with E-state index < -0.39 is 0 Å². The van der Waals surface area contributed by atoms with Crippen LogP contribution in [0.5, 0.6) is 5.75 Å². The predicted octanol–water partition coefficient (Wildman–Crippen LogP) is 3.70. The van der Waals surface area contributed by atoms with E-state index in [1.54, 1.807) is 19.2 Å². The molecule has 1 saturated heterocycles. The Morgan fingerprint density at radius 1 is 1.11 bits per heavy atom. The lowest BCUT2D eigenvalue weighted by Gasteiger charge is -2.67. The molecule has 0 spiro atoms. The van der Waals surface area contributed by atoms with Gasteiger partial charge in [0.2, 0.25) is 0 Å². The van der Waals surface area contributed by atoms with Gasteiger partial charge >= 0.3 is 0 Å². The Hall–Kier alpha value is -2.60. The van der Waals surface area contributed by atoms with Crippen LogP contribution in [-0.4, -0.2) is 57.6 Å². The zero-order valence-electron chi connectivity index (χ0n) is 21.4. The van der Waals surface area contributed by atoms with Gasteiger partial charge in [-0.3, -0.25) is 14.5 Å². The SMILES string of the molecule is CN(C(=O)c1cccc(=O)n1C)C1CCC23CCC1C21CCN(CC2CC2)C3Cc2ccc(O)cc21. The molecule has 4 aliphatic carbocycles. The van der Waals surface area contributed by atoms with Gasteiger partial charge in [-0.1, -0.05) is 12.1 Å². The molecule has 1 aromatic heterocycles. The normalized spacial score (nSPS) is 34.7. The second-order valence-corrected chi connectivity index (χ2v) is 12.4. The number of amides is 1. The fourth-order valence-electron chi connectivity index (χ4n) is 9.33. The van der Waals surface area contributed by atoms with E-state index in [0.717, 1.165) is 44.6 Å². The van der Waals surface area contributed by atoms with Crippen LogP contribution in [0.25, 0.3) is 0 Å². The van der Waals surface area contributed by atoms with Crippen LogP contribution in [0.4, 0.5) is 0 Å². The molecule has 6 heteroatoms. The maximum atomic E-state index is 13.7. The number of benzene rings is 1. The van der Waals surface area contributed by atoms with Crippen molar-refractivity contribution in [2.75, 3.05) is 20.1 Å². The van der Waals surface area contributed by atoms with E-state index in [1.165, 1.54) is 47.6 Å². The topological polar surface area (TPSA) is 65.8 Å². The highest BCUT2D eigenvalue weighted by atomic mass is 16.3. The predicted molar refractivity (Wildman–Crippen MR) is 138 cm³/mol. The van der Waals surface area contributed by atoms with Crippen molar-refractivity contribution in [2.24, 2.45) is 24.3 Å². The molecule has 1 aromatic carbocycles. The van der Waals surface area contributed by atoms with Crippen molar-refractivity contribution in [1.82, 2.24) is 14.4 Å². The molecule has 4 bridgehead atoms. The Labute approximate surface area is 212 Å². The molecule has 1 aliphatic heterocycles. The molecule has 3 saturated carbocycles. The van der Waals surface area contributed by atoms with Crippen LogP contribution in [0, 0.1) is 17.3 Å². The first-order chi connectivity index (χ1) is 17.4. The smallest absolute Gasteiger partial charge is 0.270 e. The highest BCUT2D eigenvalue weighted by molar-refractivity contribution is 5.92. The minimum Gasteiger partial charge on any atom is -0.508 e. The first kappa shape index (κ1) is 22.6. The maximum absolute atomic E-state index is 13.7. The Kier molecular flexibility index (Phi) is 4.83. The zero-order chi connectivity index (χ0) is 24.8. The fraction of sp³-hybridized carbons (Fsp3) is 0.600. The molecule has 2 aromatic rings. The molecule has 7 rings (SSSR count). The van der Waals surface area contributed by atoms with Crippen molar-refractivity contribution in [1.29, 1.82) is 0 Å². The Morgan fingerprint density at radius 2 is 1.92 bits per heavy atom. The molecule has 0 radical (unpaired) electrons. The van der Waals surface area contributed by atoms with Crippen molar-refractivity contribution in [2.45, 2.75) is 68.9 Å². The van der Waals surface area contributed by atoms with Gasteiger partial charge in [-0.05, 0) is 104 Å². The number of piperidine rings is 1. The number of fused-ring (bicyclic) bond motifs is 1. The summed E-state index contributed by atoms with van der Waals surface area (Å²) in [7, 11) is 3.63. The van der Waals surface area contributed by atoms with Gasteiger partial charge in [0.05, 0.1) is 0 Å². The number of hydrogen-bond donors (Lipinski definition) is 1. The summed E-state index contributed by atoms with van der Waals surface area (Å²) in [5.74, 6) is 1.55. The summed E-state index contributed by atoms with van der Waals surface area (Å²) in [6, 6.07) is 11.7. The average molecular weight is 488 g/mol. The lowest BCUT2D eigenvalue weighted by Crippen LogP contribution is -2.70. The monoisotopic (exact) mass is 487 g/mol. The third-order valence-electron chi connectivity index (χ3n) is 11.0. The third kappa shape index (κ3) is 2.88. The number of phenolic OH excluding ortho intramolecular Hbond substituents is 1. The van der Waals surface area contributed by atoms with Crippen LogP contribution >= 0.6 is 0 Å². The van der Waals surface area contributed by atoms with Gasteiger partial charge in [-0.2, -0.15) is 0 Å². The Morgan fingerprint density at radius 3 is 2.72 bits per heavy atom. The van der Waals surface area contributed by atoms with Crippen LogP contribution in [0.2, 0.25) is 0 Å². The van der Waals surface area contributed by atoms with Crippen molar-refractivity contribution in [3.8, 4) is 5.75 Å². The maximum Gasteiger partial charge on any atom is 0.270 e. The molecule has 6 nitrogen and oxygen atoms in total. The van der Waals surface area contributed by atoms with Gasteiger partial charge in [0.1, 0.15) is 11.4 Å². The third-order valence-corrected chi connectivity index (χ3v) is 11.0. The zero-order valence-corrected chi connectivity index (χ0v) is 21.4. The molecule has 5 aliphatic rings. The van der Waals surface area contributed by atoms with Crippen molar-refractivity contribution >= 4 is 5.91 Å². The second kappa shape index (κ2) is 7.70. The van der Waals surface area contributed by atoms with Gasteiger partial charge in [0.25, 0.3) is 11.5 Å². The lowest BCUT2D eigenvalue weighted by molar-refractivity contribution is -0.104. The van der Waals surface area contributed by atoms with Crippen LogP contribution in [-0.2, 0) is 18.9 Å². The first-order valence-corrected chi connectivity index (χ1v) is 13.9. The number of nitrogens with zero attached hydrogens (tertiary/aromatic N) is 3. The molecule has 2 heterocycles. The molecule has 4 fully saturated rings. The molecule has 5 unspecified atom stereocenters. The lowest BCUT2D eigenvalue weighted by atomic mass is 9.43. The Balaban J connectivity index is 1.31. The minimum atomic E-state index is -0.154. The molecule has 36 heavy (non-hydrogen) atoms. The summed E-state index contributed by atoms with van der Waals surface area (Å²) in [5, 5.41) is 10.6. The molecular weight excluding hydrogens is 450 g/mol. The van der Waals surface area contributed by atoms with Gasteiger partial charge in [0.15, 0.2) is 0 Å². The van der Waals surface area contributed by atoms with Crippen LogP contribution < -0.4 is 5.56 Å². The number of carbonyl (C=O) groups excluding carboxylic acids is 1. The van der Waals surface area contributed by atoms with E-state index in [-0.39, 0.29) is 28.3 Å². The van der Waals surface area contributed by atoms with Crippen molar-refractivity contribution in [3.05, 3.63) is 63.6 Å². The second-order valence-electron chi connectivity index (χ2n) is 12.4. The Bertz CT molecular complexity index is 1300. The number of phenols is 1. The molecule has 5 atom stereocenters. The fourth-order valence-corrected chi connectivity index (χ4v) is 9.33. The van der Waals surface area contributed by atoms with Gasteiger partial charge in [0, 0.05) is 44.2 Å². The largest absolute Gasteiger partial charge is 0.508 e.